The number of carbonyl (C=O) groups excluding carboxylic acids is 1. The molecule has 0 radical (unpaired) electrons. The van der Waals surface area contributed by atoms with Crippen molar-refractivity contribution in [2.75, 3.05) is 0 Å². The summed E-state index contributed by atoms with van der Waals surface area (Å²) in [4.78, 5) is 24.7. The molecule has 0 spiro atoms. The van der Waals surface area contributed by atoms with E-state index >= 15 is 0 Å². The summed E-state index contributed by atoms with van der Waals surface area (Å²) in [5.41, 5.74) is -0.0207. The quantitative estimate of drug-likeness (QED) is 0.483. The Labute approximate surface area is 113 Å². The van der Waals surface area contributed by atoms with Gasteiger partial charge in [0.15, 0.2) is 0 Å². The molecule has 2 rings (SSSR count). The number of hydrogen-bond acceptors (Lipinski definition) is 6. The third-order valence-electron chi connectivity index (χ3n) is 2.24. The lowest BCUT2D eigenvalue weighted by Crippen LogP contribution is -2.02. The van der Waals surface area contributed by atoms with Crippen molar-refractivity contribution in [3.05, 3.63) is 52.7 Å². The van der Waals surface area contributed by atoms with Crippen LogP contribution in [0.15, 0.2) is 42.6 Å². The SMILES string of the molecule is CC(=O)Oc1cc(Oc2ccc([N+](=O)[O-])cc2)ccn1. The Morgan fingerprint density at radius 2 is 1.90 bits per heavy atom. The standard InChI is InChI=1S/C13H10N2O5/c1-9(16)19-13-8-12(6-7-14-13)20-11-4-2-10(3-5-11)15(17)18/h2-8H,1H3. The normalized spacial score (nSPS) is 9.85. The number of esters is 1. The molecule has 0 saturated heterocycles. The number of aromatic nitrogens is 1. The molecule has 1 aromatic carbocycles. The maximum absolute atomic E-state index is 10.8. The number of non-ortho nitro benzene ring substituents is 1. The zero-order chi connectivity index (χ0) is 14.5. The van der Waals surface area contributed by atoms with Crippen LogP contribution in [0.25, 0.3) is 0 Å². The third kappa shape index (κ3) is 3.52. The number of nitro benzene ring substituents is 1. The number of hydrogen-bond donors (Lipinski definition) is 0. The van der Waals surface area contributed by atoms with Crippen LogP contribution in [0.5, 0.6) is 17.4 Å². The first kappa shape index (κ1) is 13.5. The molecule has 0 aliphatic carbocycles. The van der Waals surface area contributed by atoms with Gasteiger partial charge in [-0.2, -0.15) is 0 Å². The van der Waals surface area contributed by atoms with E-state index in [-0.39, 0.29) is 11.6 Å². The van der Waals surface area contributed by atoms with Gasteiger partial charge < -0.3 is 9.47 Å². The molecule has 0 aliphatic heterocycles. The van der Waals surface area contributed by atoms with Crippen molar-refractivity contribution in [3.8, 4) is 17.4 Å². The predicted octanol–water partition coefficient (Wildman–Crippen LogP) is 2.71. The summed E-state index contributed by atoms with van der Waals surface area (Å²) in [6.45, 7) is 1.27. The van der Waals surface area contributed by atoms with E-state index in [0.29, 0.717) is 11.5 Å². The highest BCUT2D eigenvalue weighted by Crippen LogP contribution is 2.25. The van der Waals surface area contributed by atoms with E-state index in [2.05, 4.69) is 4.98 Å². The topological polar surface area (TPSA) is 91.6 Å². The summed E-state index contributed by atoms with van der Waals surface area (Å²) < 4.78 is 10.3. The summed E-state index contributed by atoms with van der Waals surface area (Å²) in [5, 5.41) is 10.5. The Hall–Kier alpha value is -2.96. The zero-order valence-corrected chi connectivity index (χ0v) is 10.5. The molecule has 0 N–H and O–H groups in total. The molecule has 7 heteroatoms. The van der Waals surface area contributed by atoms with E-state index in [4.69, 9.17) is 9.47 Å². The number of nitrogens with zero attached hydrogens (tertiary/aromatic N) is 2. The van der Waals surface area contributed by atoms with Crippen molar-refractivity contribution in [1.29, 1.82) is 0 Å². The molecule has 1 heterocycles. The average Bonchev–Trinajstić information content (AvgIpc) is 2.39. The van der Waals surface area contributed by atoms with Gasteiger partial charge in [-0.25, -0.2) is 4.98 Å². The Morgan fingerprint density at radius 1 is 1.20 bits per heavy atom. The van der Waals surface area contributed by atoms with Crippen molar-refractivity contribution in [3.63, 3.8) is 0 Å². The molecule has 2 aromatic rings. The Balaban J connectivity index is 2.13. The second-order valence-corrected chi connectivity index (χ2v) is 3.78. The van der Waals surface area contributed by atoms with Gasteiger partial charge in [-0.05, 0) is 18.2 Å². The minimum Gasteiger partial charge on any atom is -0.457 e. The zero-order valence-electron chi connectivity index (χ0n) is 10.5. The van der Waals surface area contributed by atoms with Crippen LogP contribution < -0.4 is 9.47 Å². The summed E-state index contributed by atoms with van der Waals surface area (Å²) in [7, 11) is 0. The molecule has 0 atom stereocenters. The minimum atomic E-state index is -0.491. The van der Waals surface area contributed by atoms with Crippen LogP contribution in [-0.4, -0.2) is 15.9 Å². The summed E-state index contributed by atoms with van der Waals surface area (Å²) in [6, 6.07) is 8.65. The summed E-state index contributed by atoms with van der Waals surface area (Å²) in [6.07, 6.45) is 1.43. The highest BCUT2D eigenvalue weighted by molar-refractivity contribution is 5.68. The molecular weight excluding hydrogens is 264 g/mol. The second kappa shape index (κ2) is 5.79. The van der Waals surface area contributed by atoms with Gasteiger partial charge in [0.1, 0.15) is 11.5 Å². The van der Waals surface area contributed by atoms with Crippen LogP contribution in [0, 0.1) is 10.1 Å². The van der Waals surface area contributed by atoms with Crippen LogP contribution in [0.3, 0.4) is 0 Å². The van der Waals surface area contributed by atoms with Crippen LogP contribution in [0.2, 0.25) is 0 Å². The van der Waals surface area contributed by atoms with E-state index in [1.165, 1.54) is 43.5 Å². The minimum absolute atomic E-state index is 0.0207. The third-order valence-corrected chi connectivity index (χ3v) is 2.24. The molecule has 0 amide bonds. The number of benzene rings is 1. The first-order valence-corrected chi connectivity index (χ1v) is 5.61. The van der Waals surface area contributed by atoms with Crippen molar-refractivity contribution in [2.24, 2.45) is 0 Å². The number of carbonyl (C=O) groups is 1. The van der Waals surface area contributed by atoms with Gasteiger partial charge in [0.05, 0.1) is 4.92 Å². The van der Waals surface area contributed by atoms with Crippen molar-refractivity contribution >= 4 is 11.7 Å². The molecule has 1 aromatic heterocycles. The molecule has 0 aliphatic rings. The second-order valence-electron chi connectivity index (χ2n) is 3.78. The van der Waals surface area contributed by atoms with Crippen LogP contribution in [0.4, 0.5) is 5.69 Å². The largest absolute Gasteiger partial charge is 0.457 e. The van der Waals surface area contributed by atoms with E-state index in [1.54, 1.807) is 6.07 Å². The van der Waals surface area contributed by atoms with Crippen LogP contribution in [0.1, 0.15) is 6.92 Å². The molecule has 0 saturated carbocycles. The fourth-order valence-electron chi connectivity index (χ4n) is 1.43. The van der Waals surface area contributed by atoms with Gasteiger partial charge in [0.2, 0.25) is 5.88 Å². The molecule has 0 unspecified atom stereocenters. The maximum Gasteiger partial charge on any atom is 0.309 e. The predicted molar refractivity (Wildman–Crippen MR) is 68.7 cm³/mol. The Bertz CT molecular complexity index is 639. The van der Waals surface area contributed by atoms with E-state index in [9.17, 15) is 14.9 Å². The van der Waals surface area contributed by atoms with Gasteiger partial charge in [0.25, 0.3) is 5.69 Å². The number of nitro groups is 1. The van der Waals surface area contributed by atoms with Crippen molar-refractivity contribution < 1.29 is 19.2 Å². The van der Waals surface area contributed by atoms with Gasteiger partial charge in [-0.1, -0.05) is 0 Å². The highest BCUT2D eigenvalue weighted by atomic mass is 16.6. The van der Waals surface area contributed by atoms with Crippen molar-refractivity contribution in [2.45, 2.75) is 6.92 Å². The van der Waals surface area contributed by atoms with Crippen molar-refractivity contribution in [1.82, 2.24) is 4.98 Å². The van der Waals surface area contributed by atoms with Gasteiger partial charge in [-0.15, -0.1) is 0 Å². The monoisotopic (exact) mass is 274 g/mol. The number of rotatable bonds is 4. The smallest absolute Gasteiger partial charge is 0.309 e. The Morgan fingerprint density at radius 3 is 2.50 bits per heavy atom. The first-order chi connectivity index (χ1) is 9.54. The van der Waals surface area contributed by atoms with Gasteiger partial charge >= 0.3 is 5.97 Å². The molecule has 7 nitrogen and oxygen atoms in total. The molecule has 102 valence electrons. The van der Waals surface area contributed by atoms with E-state index < -0.39 is 10.9 Å². The average molecular weight is 274 g/mol. The summed E-state index contributed by atoms with van der Waals surface area (Å²) in [5.74, 6) is 0.475. The highest BCUT2D eigenvalue weighted by Gasteiger charge is 2.06. The van der Waals surface area contributed by atoms with Gasteiger partial charge in [-0.3, -0.25) is 14.9 Å². The first-order valence-electron chi connectivity index (χ1n) is 5.61. The lowest BCUT2D eigenvalue weighted by atomic mass is 10.3. The van der Waals surface area contributed by atoms with E-state index in [1.807, 2.05) is 0 Å². The van der Waals surface area contributed by atoms with E-state index in [0.717, 1.165) is 0 Å². The molecular formula is C13H10N2O5. The fourth-order valence-corrected chi connectivity index (χ4v) is 1.43. The Kier molecular flexibility index (Phi) is 3.90. The maximum atomic E-state index is 10.8. The number of pyridine rings is 1. The molecule has 0 bridgehead atoms. The molecule has 0 fully saturated rings. The number of ether oxygens (including phenoxy) is 2. The lowest BCUT2D eigenvalue weighted by Gasteiger charge is -2.06. The van der Waals surface area contributed by atoms with Crippen LogP contribution >= 0.6 is 0 Å². The lowest BCUT2D eigenvalue weighted by molar-refractivity contribution is -0.384. The van der Waals surface area contributed by atoms with Crippen LogP contribution in [-0.2, 0) is 4.79 Å². The molecule has 20 heavy (non-hydrogen) atoms. The summed E-state index contributed by atoms with van der Waals surface area (Å²) >= 11 is 0. The van der Waals surface area contributed by atoms with Gasteiger partial charge in [0, 0.05) is 31.3 Å². The fraction of sp³-hybridized carbons (Fsp3) is 0.0769.